The van der Waals surface area contributed by atoms with Gasteiger partial charge in [0.1, 0.15) is 0 Å². The average molecular weight is 352 g/mol. The molecule has 7 heteroatoms. The Balaban J connectivity index is 1.53. The van der Waals surface area contributed by atoms with Crippen molar-refractivity contribution in [1.29, 1.82) is 0 Å². The van der Waals surface area contributed by atoms with Crippen LogP contribution in [0.5, 0.6) is 0 Å². The SMILES string of the molecule is O=C(NC1CCN(S(=O)(=O)c2ccccc2)CC1)C1CCOCC1. The van der Waals surface area contributed by atoms with Crippen molar-refractivity contribution >= 4 is 15.9 Å². The highest BCUT2D eigenvalue weighted by Gasteiger charge is 2.31. The number of benzene rings is 1. The third-order valence-electron chi connectivity index (χ3n) is 4.77. The van der Waals surface area contributed by atoms with Gasteiger partial charge in [0, 0.05) is 38.3 Å². The van der Waals surface area contributed by atoms with E-state index < -0.39 is 10.0 Å². The van der Waals surface area contributed by atoms with E-state index in [0.717, 1.165) is 12.8 Å². The summed E-state index contributed by atoms with van der Waals surface area (Å²) in [6, 6.07) is 8.56. The zero-order chi connectivity index (χ0) is 17.0. The molecule has 0 spiro atoms. The minimum Gasteiger partial charge on any atom is -0.381 e. The first kappa shape index (κ1) is 17.4. The Labute approximate surface area is 143 Å². The van der Waals surface area contributed by atoms with Gasteiger partial charge in [-0.25, -0.2) is 8.42 Å². The zero-order valence-electron chi connectivity index (χ0n) is 13.7. The van der Waals surface area contributed by atoms with Crippen molar-refractivity contribution in [2.75, 3.05) is 26.3 Å². The molecule has 6 nitrogen and oxygen atoms in total. The summed E-state index contributed by atoms with van der Waals surface area (Å²) >= 11 is 0. The van der Waals surface area contributed by atoms with Crippen LogP contribution in [0.1, 0.15) is 25.7 Å². The molecule has 1 aromatic carbocycles. The molecule has 2 aliphatic rings. The van der Waals surface area contributed by atoms with Crippen molar-refractivity contribution in [2.45, 2.75) is 36.6 Å². The Morgan fingerprint density at radius 2 is 1.67 bits per heavy atom. The molecular formula is C17H24N2O4S. The molecule has 2 saturated heterocycles. The lowest BCUT2D eigenvalue weighted by atomic mass is 9.98. The van der Waals surface area contributed by atoms with Crippen LogP contribution in [0.15, 0.2) is 35.2 Å². The van der Waals surface area contributed by atoms with E-state index in [1.165, 1.54) is 4.31 Å². The van der Waals surface area contributed by atoms with Crippen molar-refractivity contribution in [2.24, 2.45) is 5.92 Å². The molecule has 1 aromatic rings. The molecule has 0 bridgehead atoms. The number of hydrogen-bond acceptors (Lipinski definition) is 4. The van der Waals surface area contributed by atoms with Crippen molar-refractivity contribution in [3.05, 3.63) is 30.3 Å². The van der Waals surface area contributed by atoms with E-state index in [1.54, 1.807) is 30.3 Å². The quantitative estimate of drug-likeness (QED) is 0.888. The highest BCUT2D eigenvalue weighted by atomic mass is 32.2. The van der Waals surface area contributed by atoms with E-state index in [-0.39, 0.29) is 17.9 Å². The molecule has 0 aliphatic carbocycles. The summed E-state index contributed by atoms with van der Waals surface area (Å²) in [5.41, 5.74) is 0. The lowest BCUT2D eigenvalue weighted by Gasteiger charge is -2.32. The second kappa shape index (κ2) is 7.63. The van der Waals surface area contributed by atoms with Crippen LogP contribution in [-0.4, -0.2) is 51.0 Å². The average Bonchev–Trinajstić information content (AvgIpc) is 2.63. The van der Waals surface area contributed by atoms with Crippen molar-refractivity contribution in [1.82, 2.24) is 9.62 Å². The molecule has 24 heavy (non-hydrogen) atoms. The monoisotopic (exact) mass is 352 g/mol. The minimum absolute atomic E-state index is 0.0323. The number of ether oxygens (including phenoxy) is 1. The van der Waals surface area contributed by atoms with E-state index in [0.29, 0.717) is 44.0 Å². The molecule has 3 rings (SSSR count). The largest absolute Gasteiger partial charge is 0.381 e. The van der Waals surface area contributed by atoms with Crippen LogP contribution >= 0.6 is 0 Å². The molecule has 132 valence electrons. The number of rotatable bonds is 4. The maximum Gasteiger partial charge on any atom is 0.243 e. The van der Waals surface area contributed by atoms with Crippen molar-refractivity contribution in [3.63, 3.8) is 0 Å². The van der Waals surface area contributed by atoms with Crippen LogP contribution in [0.4, 0.5) is 0 Å². The Bertz CT molecular complexity index is 648. The van der Waals surface area contributed by atoms with E-state index in [4.69, 9.17) is 4.74 Å². The second-order valence-corrected chi connectivity index (χ2v) is 8.32. The molecule has 0 saturated carbocycles. The van der Waals surface area contributed by atoms with Gasteiger partial charge in [-0.1, -0.05) is 18.2 Å². The first-order valence-electron chi connectivity index (χ1n) is 8.50. The maximum atomic E-state index is 12.6. The summed E-state index contributed by atoms with van der Waals surface area (Å²) in [5.74, 6) is 0.118. The lowest BCUT2D eigenvalue weighted by molar-refractivity contribution is -0.128. The number of piperidine rings is 1. The topological polar surface area (TPSA) is 75.7 Å². The Hall–Kier alpha value is -1.44. The number of carbonyl (C=O) groups excluding carboxylic acids is 1. The van der Waals surface area contributed by atoms with Gasteiger partial charge in [-0.2, -0.15) is 4.31 Å². The third-order valence-corrected chi connectivity index (χ3v) is 6.69. The van der Waals surface area contributed by atoms with Gasteiger partial charge in [0.25, 0.3) is 0 Å². The summed E-state index contributed by atoms with van der Waals surface area (Å²) in [6.45, 7) is 2.17. The molecule has 1 amide bonds. The Kier molecular flexibility index (Phi) is 5.53. The van der Waals surface area contributed by atoms with Gasteiger partial charge in [0.2, 0.25) is 15.9 Å². The molecule has 0 atom stereocenters. The van der Waals surface area contributed by atoms with Crippen LogP contribution < -0.4 is 5.32 Å². The van der Waals surface area contributed by atoms with Crippen LogP contribution in [0.25, 0.3) is 0 Å². The fourth-order valence-corrected chi connectivity index (χ4v) is 4.75. The van der Waals surface area contributed by atoms with Crippen LogP contribution in [0, 0.1) is 5.92 Å². The van der Waals surface area contributed by atoms with E-state index in [2.05, 4.69) is 5.32 Å². The summed E-state index contributed by atoms with van der Waals surface area (Å²) in [5, 5.41) is 3.08. The zero-order valence-corrected chi connectivity index (χ0v) is 14.5. The highest BCUT2D eigenvalue weighted by molar-refractivity contribution is 7.89. The van der Waals surface area contributed by atoms with Crippen molar-refractivity contribution in [3.8, 4) is 0 Å². The van der Waals surface area contributed by atoms with Gasteiger partial charge in [0.05, 0.1) is 4.90 Å². The second-order valence-electron chi connectivity index (χ2n) is 6.39. The summed E-state index contributed by atoms with van der Waals surface area (Å²) in [7, 11) is -3.43. The van der Waals surface area contributed by atoms with Gasteiger partial charge >= 0.3 is 0 Å². The van der Waals surface area contributed by atoms with E-state index in [1.807, 2.05) is 0 Å². The number of sulfonamides is 1. The first-order valence-corrected chi connectivity index (χ1v) is 9.95. The number of nitrogens with zero attached hydrogens (tertiary/aromatic N) is 1. The normalized spacial score (nSPS) is 21.5. The highest BCUT2D eigenvalue weighted by Crippen LogP contribution is 2.21. The number of amides is 1. The third kappa shape index (κ3) is 3.96. The molecule has 1 N–H and O–H groups in total. The predicted octanol–water partition coefficient (Wildman–Crippen LogP) is 1.38. The number of carbonyl (C=O) groups is 1. The van der Waals surface area contributed by atoms with Gasteiger partial charge in [-0.05, 0) is 37.8 Å². The van der Waals surface area contributed by atoms with Crippen LogP contribution in [-0.2, 0) is 19.6 Å². The number of nitrogens with one attached hydrogen (secondary N) is 1. The summed E-state index contributed by atoms with van der Waals surface area (Å²) in [4.78, 5) is 12.6. The predicted molar refractivity (Wildman–Crippen MR) is 89.9 cm³/mol. The molecule has 2 fully saturated rings. The maximum absolute atomic E-state index is 12.6. The van der Waals surface area contributed by atoms with Crippen LogP contribution in [0.2, 0.25) is 0 Å². The van der Waals surface area contributed by atoms with Gasteiger partial charge in [-0.3, -0.25) is 4.79 Å². The van der Waals surface area contributed by atoms with Gasteiger partial charge in [0.15, 0.2) is 0 Å². The number of hydrogen-bond donors (Lipinski definition) is 1. The lowest BCUT2D eigenvalue weighted by Crippen LogP contribution is -2.48. The summed E-state index contributed by atoms with van der Waals surface area (Å²) < 4.78 is 32.0. The first-order chi connectivity index (χ1) is 11.6. The fourth-order valence-electron chi connectivity index (χ4n) is 3.26. The summed E-state index contributed by atoms with van der Waals surface area (Å²) in [6.07, 6.45) is 2.85. The van der Waals surface area contributed by atoms with E-state index >= 15 is 0 Å². The molecular weight excluding hydrogens is 328 g/mol. The van der Waals surface area contributed by atoms with Crippen molar-refractivity contribution < 1.29 is 17.9 Å². The fraction of sp³-hybridized carbons (Fsp3) is 0.588. The Morgan fingerprint density at radius 1 is 1.04 bits per heavy atom. The van der Waals surface area contributed by atoms with Crippen LogP contribution in [0.3, 0.4) is 0 Å². The van der Waals surface area contributed by atoms with E-state index in [9.17, 15) is 13.2 Å². The smallest absolute Gasteiger partial charge is 0.243 e. The van der Waals surface area contributed by atoms with Gasteiger partial charge in [-0.15, -0.1) is 0 Å². The molecule has 2 heterocycles. The molecule has 0 aromatic heterocycles. The molecule has 0 unspecified atom stereocenters. The minimum atomic E-state index is -3.43. The molecule has 0 radical (unpaired) electrons. The van der Waals surface area contributed by atoms with Gasteiger partial charge < -0.3 is 10.1 Å². The standard InChI is InChI=1S/C17H24N2O4S/c20-17(14-8-12-23-13-9-14)18-15-6-10-19(11-7-15)24(21,22)16-4-2-1-3-5-16/h1-5,14-15H,6-13H2,(H,18,20). The Morgan fingerprint density at radius 3 is 2.29 bits per heavy atom. The molecule has 2 aliphatic heterocycles.